The fourth-order valence-corrected chi connectivity index (χ4v) is 4.12. The summed E-state index contributed by atoms with van der Waals surface area (Å²) in [4.78, 5) is 38.2. The number of carbonyl (C=O) groups excluding carboxylic acids is 2. The number of amides is 2. The molecule has 1 aromatic heterocycles. The first-order valence-electron chi connectivity index (χ1n) is 9.08. The molecule has 2 bridgehead atoms. The number of likely N-dealkylation sites (tertiary alicyclic amines) is 1. The molecule has 0 spiro atoms. The molecule has 2 aliphatic rings. The fraction of sp³-hybridized carbons (Fsp3) is 0.350. The van der Waals surface area contributed by atoms with Crippen LogP contribution in [-0.4, -0.2) is 34.4 Å². The number of pyridine rings is 1. The van der Waals surface area contributed by atoms with Gasteiger partial charge in [-0.15, -0.1) is 0 Å². The van der Waals surface area contributed by atoms with Gasteiger partial charge in [0.25, 0.3) is 5.56 Å². The molecule has 7 nitrogen and oxygen atoms in total. The van der Waals surface area contributed by atoms with Crippen LogP contribution in [-0.2, 0) is 6.54 Å². The van der Waals surface area contributed by atoms with Crippen LogP contribution >= 0.6 is 0 Å². The molecular formula is C20H22N4O3. The molecule has 0 radical (unpaired) electrons. The molecule has 0 saturated carbocycles. The molecular weight excluding hydrogens is 344 g/mol. The first-order valence-corrected chi connectivity index (χ1v) is 9.08. The number of fused-ring (bicyclic) bond motifs is 4. The minimum absolute atomic E-state index is 0.00808. The van der Waals surface area contributed by atoms with E-state index in [9.17, 15) is 14.4 Å². The number of Topliss-reactive ketones (excluding diaryl/α,β-unsaturated/α-hetero) is 1. The molecule has 140 valence electrons. The number of aromatic nitrogens is 1. The molecule has 3 N–H and O–H groups in total. The van der Waals surface area contributed by atoms with Crippen LogP contribution in [0.4, 0.5) is 16.2 Å². The number of rotatable bonds is 2. The summed E-state index contributed by atoms with van der Waals surface area (Å²) >= 11 is 0. The summed E-state index contributed by atoms with van der Waals surface area (Å²) in [5.74, 6) is 0.365. The fourth-order valence-electron chi connectivity index (χ4n) is 4.12. The summed E-state index contributed by atoms with van der Waals surface area (Å²) in [6, 6.07) is 10.3. The largest absolute Gasteiger partial charge is 0.394 e. The SMILES string of the molecule is CC(=O)c1ccc(NC(=O)N2CC3CC(C2)c2ccc(N)c(=O)n2C3)cc1. The number of ketones is 1. The molecule has 2 unspecified atom stereocenters. The van der Waals surface area contributed by atoms with Crippen LogP contribution in [0.2, 0.25) is 0 Å². The topological polar surface area (TPSA) is 97.4 Å². The summed E-state index contributed by atoms with van der Waals surface area (Å²) in [5.41, 5.74) is 8.11. The van der Waals surface area contributed by atoms with Gasteiger partial charge in [0.1, 0.15) is 0 Å². The van der Waals surface area contributed by atoms with Crippen LogP contribution in [0, 0.1) is 5.92 Å². The van der Waals surface area contributed by atoms with Crippen molar-refractivity contribution in [1.29, 1.82) is 0 Å². The van der Waals surface area contributed by atoms with Crippen LogP contribution in [0.5, 0.6) is 0 Å². The zero-order valence-corrected chi connectivity index (χ0v) is 15.1. The summed E-state index contributed by atoms with van der Waals surface area (Å²) in [6.45, 7) is 3.27. The third-order valence-corrected chi connectivity index (χ3v) is 5.46. The Morgan fingerprint density at radius 2 is 1.81 bits per heavy atom. The molecule has 2 atom stereocenters. The molecule has 0 aliphatic carbocycles. The van der Waals surface area contributed by atoms with E-state index in [0.717, 1.165) is 12.1 Å². The van der Waals surface area contributed by atoms with E-state index in [1.807, 2.05) is 11.0 Å². The van der Waals surface area contributed by atoms with E-state index in [-0.39, 0.29) is 34.9 Å². The van der Waals surface area contributed by atoms with Crippen LogP contribution in [0.3, 0.4) is 0 Å². The summed E-state index contributed by atoms with van der Waals surface area (Å²) in [5, 5.41) is 2.90. The minimum Gasteiger partial charge on any atom is -0.394 e. The van der Waals surface area contributed by atoms with Crippen molar-refractivity contribution in [3.8, 4) is 0 Å². The predicted octanol–water partition coefficient (Wildman–Crippen LogP) is 2.28. The van der Waals surface area contributed by atoms with Crippen LogP contribution < -0.4 is 16.6 Å². The summed E-state index contributed by atoms with van der Waals surface area (Å²) < 4.78 is 1.77. The summed E-state index contributed by atoms with van der Waals surface area (Å²) in [6.07, 6.45) is 0.973. The number of nitrogens with one attached hydrogen (secondary N) is 1. The second-order valence-electron chi connectivity index (χ2n) is 7.40. The number of nitrogens with zero attached hydrogens (tertiary/aromatic N) is 2. The number of hydrogen-bond acceptors (Lipinski definition) is 4. The van der Waals surface area contributed by atoms with Crippen molar-refractivity contribution in [2.75, 3.05) is 24.1 Å². The predicted molar refractivity (Wildman–Crippen MR) is 103 cm³/mol. The van der Waals surface area contributed by atoms with Crippen molar-refractivity contribution < 1.29 is 9.59 Å². The molecule has 2 aliphatic heterocycles. The molecule has 2 amide bonds. The lowest BCUT2D eigenvalue weighted by Crippen LogP contribution is -2.50. The average Bonchev–Trinajstić information content (AvgIpc) is 2.65. The lowest BCUT2D eigenvalue weighted by molar-refractivity contribution is 0.101. The molecule has 3 heterocycles. The molecule has 1 aromatic carbocycles. The van der Waals surface area contributed by atoms with Gasteiger partial charge in [-0.25, -0.2) is 4.79 Å². The first kappa shape index (κ1) is 17.3. The number of nitrogen functional groups attached to an aromatic ring is 1. The highest BCUT2D eigenvalue weighted by Gasteiger charge is 2.36. The Balaban J connectivity index is 1.50. The quantitative estimate of drug-likeness (QED) is 0.797. The van der Waals surface area contributed by atoms with E-state index in [1.54, 1.807) is 34.9 Å². The van der Waals surface area contributed by atoms with Crippen LogP contribution in [0.25, 0.3) is 0 Å². The van der Waals surface area contributed by atoms with Crippen molar-refractivity contribution in [3.05, 3.63) is 58.0 Å². The van der Waals surface area contributed by atoms with Crippen LogP contribution in [0.1, 0.15) is 35.3 Å². The van der Waals surface area contributed by atoms with Crippen molar-refractivity contribution in [3.63, 3.8) is 0 Å². The van der Waals surface area contributed by atoms with Crippen molar-refractivity contribution in [1.82, 2.24) is 9.47 Å². The Kier molecular flexibility index (Phi) is 4.22. The Morgan fingerprint density at radius 3 is 2.52 bits per heavy atom. The number of hydrogen-bond donors (Lipinski definition) is 2. The molecule has 2 aromatic rings. The van der Waals surface area contributed by atoms with Gasteiger partial charge in [0, 0.05) is 42.5 Å². The maximum Gasteiger partial charge on any atom is 0.321 e. The Labute approximate surface area is 156 Å². The van der Waals surface area contributed by atoms with Gasteiger partial charge in [-0.1, -0.05) is 0 Å². The van der Waals surface area contributed by atoms with Gasteiger partial charge in [0.05, 0.1) is 5.69 Å². The number of urea groups is 1. The normalized spacial score (nSPS) is 20.7. The average molecular weight is 366 g/mol. The number of anilines is 2. The van der Waals surface area contributed by atoms with Gasteiger partial charge in [-0.05, 0) is 55.7 Å². The number of carbonyl (C=O) groups is 2. The number of benzene rings is 1. The van der Waals surface area contributed by atoms with E-state index in [2.05, 4.69) is 5.32 Å². The van der Waals surface area contributed by atoms with Gasteiger partial charge in [-0.2, -0.15) is 0 Å². The lowest BCUT2D eigenvalue weighted by atomic mass is 9.83. The Morgan fingerprint density at radius 1 is 1.07 bits per heavy atom. The Bertz CT molecular complexity index is 964. The maximum absolute atomic E-state index is 12.7. The lowest BCUT2D eigenvalue weighted by Gasteiger charge is -2.42. The highest BCUT2D eigenvalue weighted by Crippen LogP contribution is 2.35. The van der Waals surface area contributed by atoms with Crippen molar-refractivity contribution in [2.24, 2.45) is 5.92 Å². The molecule has 1 fully saturated rings. The number of piperidine rings is 1. The van der Waals surface area contributed by atoms with Gasteiger partial charge >= 0.3 is 6.03 Å². The molecule has 4 rings (SSSR count). The smallest absolute Gasteiger partial charge is 0.321 e. The minimum atomic E-state index is -0.161. The Hall–Kier alpha value is -3.09. The van der Waals surface area contributed by atoms with E-state index >= 15 is 0 Å². The first-order chi connectivity index (χ1) is 12.9. The van der Waals surface area contributed by atoms with Crippen molar-refractivity contribution in [2.45, 2.75) is 25.8 Å². The highest BCUT2D eigenvalue weighted by atomic mass is 16.2. The van der Waals surface area contributed by atoms with Crippen molar-refractivity contribution >= 4 is 23.2 Å². The molecule has 27 heavy (non-hydrogen) atoms. The second-order valence-corrected chi connectivity index (χ2v) is 7.40. The van der Waals surface area contributed by atoms with E-state index in [1.165, 1.54) is 6.92 Å². The third kappa shape index (κ3) is 3.20. The van der Waals surface area contributed by atoms with Gasteiger partial charge < -0.3 is 20.5 Å². The standard InChI is InChI=1S/C20H22N4O3/c1-12(25)14-2-4-16(5-3-14)22-20(27)23-9-13-8-15(11-23)18-7-6-17(21)19(26)24(18)10-13/h2-7,13,15H,8-11,21H2,1H3,(H,22,27). The van der Waals surface area contributed by atoms with E-state index in [4.69, 9.17) is 5.73 Å². The summed E-state index contributed by atoms with van der Waals surface area (Å²) in [7, 11) is 0. The number of nitrogens with two attached hydrogens (primary N) is 1. The zero-order chi connectivity index (χ0) is 19.1. The molecule has 1 saturated heterocycles. The van der Waals surface area contributed by atoms with E-state index < -0.39 is 0 Å². The zero-order valence-electron chi connectivity index (χ0n) is 15.1. The van der Waals surface area contributed by atoms with E-state index in [0.29, 0.717) is 30.9 Å². The third-order valence-electron chi connectivity index (χ3n) is 5.46. The van der Waals surface area contributed by atoms with Crippen LogP contribution in [0.15, 0.2) is 41.2 Å². The van der Waals surface area contributed by atoms with Gasteiger partial charge in [0.15, 0.2) is 5.78 Å². The highest BCUT2D eigenvalue weighted by molar-refractivity contribution is 5.95. The second kappa shape index (κ2) is 6.57. The van der Waals surface area contributed by atoms with Gasteiger partial charge in [-0.3, -0.25) is 9.59 Å². The molecule has 7 heteroatoms. The van der Waals surface area contributed by atoms with Gasteiger partial charge in [0.2, 0.25) is 0 Å². The maximum atomic E-state index is 12.7. The monoisotopic (exact) mass is 366 g/mol.